The van der Waals surface area contributed by atoms with Gasteiger partial charge in [0.05, 0.1) is 5.69 Å². The monoisotopic (exact) mass is 382 g/mol. The molecule has 1 aromatic carbocycles. The Kier molecular flexibility index (Phi) is 4.66. The van der Waals surface area contributed by atoms with Crippen LogP contribution in [0.15, 0.2) is 47.5 Å². The number of halogens is 1. The van der Waals surface area contributed by atoms with Gasteiger partial charge in [0.25, 0.3) is 5.56 Å². The van der Waals surface area contributed by atoms with Crippen LogP contribution in [0.3, 0.4) is 0 Å². The lowest BCUT2D eigenvalue weighted by molar-refractivity contribution is -0.0141. The summed E-state index contributed by atoms with van der Waals surface area (Å²) in [6.45, 7) is 0.843. The third kappa shape index (κ3) is 3.06. The summed E-state index contributed by atoms with van der Waals surface area (Å²) in [6, 6.07) is 7.68. The van der Waals surface area contributed by atoms with Crippen molar-refractivity contribution < 1.29 is 14.6 Å². The summed E-state index contributed by atoms with van der Waals surface area (Å²) in [5.74, 6) is -0.451. The molecule has 28 heavy (non-hydrogen) atoms. The molecule has 2 N–H and O–H groups in total. The van der Waals surface area contributed by atoms with Gasteiger partial charge in [-0.1, -0.05) is 12.1 Å². The first-order chi connectivity index (χ1) is 13.5. The van der Waals surface area contributed by atoms with E-state index >= 15 is 0 Å². The van der Waals surface area contributed by atoms with Crippen molar-refractivity contribution >= 4 is 0 Å². The van der Waals surface area contributed by atoms with Crippen LogP contribution >= 0.6 is 0 Å². The molecule has 2 aromatic heterocycles. The van der Waals surface area contributed by atoms with Crippen molar-refractivity contribution in [1.82, 2.24) is 19.4 Å². The number of pyridine rings is 1. The number of benzene rings is 1. The highest BCUT2D eigenvalue weighted by Gasteiger charge is 2.33. The number of nitrogens with zero attached hydrogens (tertiary/aromatic N) is 4. The average Bonchev–Trinajstić information content (AvgIpc) is 2.70. The van der Waals surface area contributed by atoms with Crippen LogP contribution in [-0.4, -0.2) is 36.2 Å². The summed E-state index contributed by atoms with van der Waals surface area (Å²) in [7, 11) is 1.55. The largest absolute Gasteiger partial charge is 0.503 e. The third-order valence-electron chi connectivity index (χ3n) is 5.04. The highest BCUT2D eigenvalue weighted by atomic mass is 19.1. The van der Waals surface area contributed by atoms with E-state index in [0.717, 1.165) is 5.56 Å². The molecule has 3 heterocycles. The molecule has 8 heteroatoms. The molecule has 3 aromatic rings. The quantitative estimate of drug-likeness (QED) is 0.717. The van der Waals surface area contributed by atoms with Crippen LogP contribution in [0.4, 0.5) is 4.39 Å². The van der Waals surface area contributed by atoms with Crippen LogP contribution < -0.4 is 5.56 Å². The highest BCUT2D eigenvalue weighted by molar-refractivity contribution is 5.61. The zero-order valence-electron chi connectivity index (χ0n) is 15.2. The molecule has 0 fully saturated rings. The summed E-state index contributed by atoms with van der Waals surface area (Å²) >= 11 is 0. The molecule has 1 atom stereocenters. The van der Waals surface area contributed by atoms with Crippen molar-refractivity contribution in [1.29, 1.82) is 0 Å². The van der Waals surface area contributed by atoms with Gasteiger partial charge in [0.15, 0.2) is 11.6 Å². The normalized spacial score (nSPS) is 16.8. The first-order valence-corrected chi connectivity index (χ1v) is 8.86. The number of hydrogen-bond acceptors (Lipinski definition) is 6. The number of rotatable bonds is 3. The lowest BCUT2D eigenvalue weighted by Crippen LogP contribution is -2.37. The van der Waals surface area contributed by atoms with Crippen LogP contribution in [0, 0.1) is 5.82 Å². The lowest BCUT2D eigenvalue weighted by Gasteiger charge is -2.35. The number of aromatic hydroxyl groups is 1. The van der Waals surface area contributed by atoms with Gasteiger partial charge in [0.1, 0.15) is 12.0 Å². The average molecular weight is 382 g/mol. The summed E-state index contributed by atoms with van der Waals surface area (Å²) in [4.78, 5) is 22.7. The van der Waals surface area contributed by atoms with Crippen LogP contribution in [-0.2, 0) is 20.0 Å². The lowest BCUT2D eigenvalue weighted by atomic mass is 9.94. The molecule has 7 nitrogen and oxygen atoms in total. The van der Waals surface area contributed by atoms with E-state index in [1.54, 1.807) is 42.5 Å². The standard InChI is InChI=1S/C20H19FN4O3/c1-24-16(18-22-8-2-9-23-18)14-7-10-25(11-12-3-5-13(21)6-4-12)19(27)15(14)17(26)20(24)28/h2-6,8-9,19,26-27H,7,10-11H2,1H3. The van der Waals surface area contributed by atoms with Crippen LogP contribution in [0.5, 0.6) is 5.75 Å². The molecule has 0 aliphatic carbocycles. The van der Waals surface area contributed by atoms with Gasteiger partial charge in [-0.15, -0.1) is 0 Å². The topological polar surface area (TPSA) is 91.5 Å². The Balaban J connectivity index is 1.78. The molecule has 4 rings (SSSR count). The van der Waals surface area contributed by atoms with E-state index in [9.17, 15) is 19.4 Å². The smallest absolute Gasteiger partial charge is 0.293 e. The molecule has 0 radical (unpaired) electrons. The van der Waals surface area contributed by atoms with Crippen LogP contribution in [0.1, 0.15) is 22.9 Å². The van der Waals surface area contributed by atoms with E-state index in [2.05, 4.69) is 9.97 Å². The Morgan fingerprint density at radius 1 is 1.21 bits per heavy atom. The Morgan fingerprint density at radius 3 is 2.57 bits per heavy atom. The SMILES string of the molecule is Cn1c(-c2ncccn2)c2c(c(O)c1=O)C(O)N(Cc1ccc(F)cc1)CC2. The molecule has 1 aliphatic heterocycles. The van der Waals surface area contributed by atoms with E-state index < -0.39 is 17.5 Å². The number of aliphatic hydroxyl groups excluding tert-OH is 1. The zero-order chi connectivity index (χ0) is 19.8. The van der Waals surface area contributed by atoms with Crippen molar-refractivity contribution in [2.45, 2.75) is 19.2 Å². The summed E-state index contributed by atoms with van der Waals surface area (Å²) in [5.41, 5.74) is 1.51. The highest BCUT2D eigenvalue weighted by Crippen LogP contribution is 2.37. The number of hydrogen-bond donors (Lipinski definition) is 2. The maximum absolute atomic E-state index is 13.1. The number of aromatic nitrogens is 3. The molecule has 0 saturated carbocycles. The maximum Gasteiger partial charge on any atom is 0.293 e. The minimum atomic E-state index is -1.18. The van der Waals surface area contributed by atoms with Crippen LogP contribution in [0.2, 0.25) is 0 Å². The third-order valence-corrected chi connectivity index (χ3v) is 5.04. The Labute approximate surface area is 160 Å². The van der Waals surface area contributed by atoms with Gasteiger partial charge in [-0.2, -0.15) is 0 Å². The summed E-state index contributed by atoms with van der Waals surface area (Å²) in [5, 5.41) is 21.4. The molecule has 1 aliphatic rings. The molecule has 0 bridgehead atoms. The van der Waals surface area contributed by atoms with Crippen molar-refractivity contribution in [3.63, 3.8) is 0 Å². The van der Waals surface area contributed by atoms with E-state index in [-0.39, 0.29) is 11.4 Å². The van der Waals surface area contributed by atoms with E-state index in [1.807, 2.05) is 0 Å². The molecule has 0 amide bonds. The molecular weight excluding hydrogens is 363 g/mol. The summed E-state index contributed by atoms with van der Waals surface area (Å²) in [6.07, 6.45) is 2.46. The first kappa shape index (κ1) is 18.3. The fourth-order valence-electron chi connectivity index (χ4n) is 3.64. The molecule has 1 unspecified atom stereocenters. The Morgan fingerprint density at radius 2 is 1.89 bits per heavy atom. The predicted octanol–water partition coefficient (Wildman–Crippen LogP) is 1.74. The number of aliphatic hydroxyl groups is 1. The molecule has 144 valence electrons. The molecule has 0 spiro atoms. The van der Waals surface area contributed by atoms with E-state index in [4.69, 9.17) is 0 Å². The van der Waals surface area contributed by atoms with Crippen molar-refractivity contribution in [3.8, 4) is 17.3 Å². The van der Waals surface area contributed by atoms with Gasteiger partial charge in [-0.3, -0.25) is 9.69 Å². The van der Waals surface area contributed by atoms with E-state index in [1.165, 1.54) is 16.7 Å². The fraction of sp³-hybridized carbons (Fsp3) is 0.250. The van der Waals surface area contributed by atoms with Gasteiger partial charge in [0.2, 0.25) is 0 Å². The van der Waals surface area contributed by atoms with Gasteiger partial charge >= 0.3 is 0 Å². The van der Waals surface area contributed by atoms with Gasteiger partial charge in [-0.05, 0) is 35.7 Å². The zero-order valence-corrected chi connectivity index (χ0v) is 15.2. The van der Waals surface area contributed by atoms with Crippen molar-refractivity contribution in [2.75, 3.05) is 6.54 Å². The van der Waals surface area contributed by atoms with Gasteiger partial charge in [-0.25, -0.2) is 14.4 Å². The van der Waals surface area contributed by atoms with Crippen molar-refractivity contribution in [3.05, 3.63) is 75.6 Å². The Hall–Kier alpha value is -3.10. The van der Waals surface area contributed by atoms with Gasteiger partial charge < -0.3 is 14.8 Å². The molecular formula is C20H19FN4O3. The Bertz CT molecular complexity index is 1070. The number of fused-ring (bicyclic) bond motifs is 1. The van der Waals surface area contributed by atoms with Crippen molar-refractivity contribution in [2.24, 2.45) is 7.05 Å². The minimum Gasteiger partial charge on any atom is -0.503 e. The second-order valence-electron chi connectivity index (χ2n) is 6.75. The predicted molar refractivity (Wildman–Crippen MR) is 99.8 cm³/mol. The van der Waals surface area contributed by atoms with Gasteiger partial charge in [0, 0.05) is 38.1 Å². The fourth-order valence-corrected chi connectivity index (χ4v) is 3.64. The van der Waals surface area contributed by atoms with E-state index in [0.29, 0.717) is 36.6 Å². The minimum absolute atomic E-state index is 0.180. The molecule has 0 saturated heterocycles. The second-order valence-corrected chi connectivity index (χ2v) is 6.75. The first-order valence-electron chi connectivity index (χ1n) is 8.86. The second kappa shape index (κ2) is 7.14. The maximum atomic E-state index is 13.1. The summed E-state index contributed by atoms with van der Waals surface area (Å²) < 4.78 is 14.4. The van der Waals surface area contributed by atoms with Crippen LogP contribution in [0.25, 0.3) is 11.5 Å².